The third-order valence-corrected chi connectivity index (χ3v) is 4.77. The normalized spacial score (nSPS) is 11.9. The molecule has 3 aromatic carbocycles. The van der Waals surface area contributed by atoms with Gasteiger partial charge in [-0.1, -0.05) is 72.3 Å². The molecule has 0 saturated heterocycles. The van der Waals surface area contributed by atoms with Crippen LogP contribution in [0.5, 0.6) is 5.75 Å². The van der Waals surface area contributed by atoms with Gasteiger partial charge in [0.15, 0.2) is 0 Å². The molecular formula is C25H29NO. The first kappa shape index (κ1) is 19.2. The Hall–Kier alpha value is -2.58. The standard InChI is InChI=1S/C25H29NO/c1-20-7-6-10-24(17-20)19-27-25-15-13-23(14-16-25)18-26-21(2)11-12-22-8-4-3-5-9-22/h3-10,13-17,21,26H,11-12,18-19H2,1-2H3/t21-/m1/s1. The second kappa shape index (κ2) is 9.94. The maximum atomic E-state index is 5.89. The minimum atomic E-state index is 0.488. The highest BCUT2D eigenvalue weighted by Crippen LogP contribution is 2.15. The Labute approximate surface area is 163 Å². The molecule has 0 aliphatic heterocycles. The SMILES string of the molecule is Cc1cccc(COc2ccc(CN[C@H](C)CCc3ccccc3)cc2)c1. The lowest BCUT2D eigenvalue weighted by molar-refractivity contribution is 0.306. The maximum absolute atomic E-state index is 5.89. The molecular weight excluding hydrogens is 330 g/mol. The van der Waals surface area contributed by atoms with Crippen LogP contribution in [0.1, 0.15) is 35.6 Å². The van der Waals surface area contributed by atoms with Gasteiger partial charge in [0.25, 0.3) is 0 Å². The lowest BCUT2D eigenvalue weighted by Crippen LogP contribution is -2.25. The number of benzene rings is 3. The highest BCUT2D eigenvalue weighted by molar-refractivity contribution is 5.28. The summed E-state index contributed by atoms with van der Waals surface area (Å²) in [6.45, 7) is 5.85. The lowest BCUT2D eigenvalue weighted by Gasteiger charge is -2.14. The number of hydrogen-bond acceptors (Lipinski definition) is 2. The average molecular weight is 360 g/mol. The first-order valence-corrected chi connectivity index (χ1v) is 9.73. The van der Waals surface area contributed by atoms with Crippen molar-refractivity contribution >= 4 is 0 Å². The van der Waals surface area contributed by atoms with Crippen LogP contribution in [0.3, 0.4) is 0 Å². The lowest BCUT2D eigenvalue weighted by atomic mass is 10.1. The van der Waals surface area contributed by atoms with E-state index in [0.29, 0.717) is 12.6 Å². The predicted molar refractivity (Wildman–Crippen MR) is 113 cm³/mol. The van der Waals surface area contributed by atoms with Crippen LogP contribution >= 0.6 is 0 Å². The molecule has 0 aliphatic rings. The van der Waals surface area contributed by atoms with Gasteiger partial charge in [-0.15, -0.1) is 0 Å². The van der Waals surface area contributed by atoms with Gasteiger partial charge < -0.3 is 10.1 Å². The fourth-order valence-electron chi connectivity index (χ4n) is 3.09. The summed E-state index contributed by atoms with van der Waals surface area (Å²) >= 11 is 0. The van der Waals surface area contributed by atoms with Gasteiger partial charge in [-0.05, 0) is 55.5 Å². The number of aryl methyl sites for hydroxylation is 2. The number of rotatable bonds is 9. The third kappa shape index (κ3) is 6.58. The Kier molecular flexibility index (Phi) is 7.06. The molecule has 0 saturated carbocycles. The van der Waals surface area contributed by atoms with E-state index in [0.717, 1.165) is 25.1 Å². The van der Waals surface area contributed by atoms with E-state index in [1.165, 1.54) is 22.3 Å². The van der Waals surface area contributed by atoms with Gasteiger partial charge in [0, 0.05) is 12.6 Å². The first-order chi connectivity index (χ1) is 13.2. The summed E-state index contributed by atoms with van der Waals surface area (Å²) < 4.78 is 5.89. The molecule has 0 spiro atoms. The van der Waals surface area contributed by atoms with Crippen LogP contribution < -0.4 is 10.1 Å². The summed E-state index contributed by atoms with van der Waals surface area (Å²) in [5, 5.41) is 3.61. The van der Waals surface area contributed by atoms with Crippen molar-refractivity contribution in [2.45, 2.75) is 45.9 Å². The van der Waals surface area contributed by atoms with Crippen molar-refractivity contribution in [3.05, 3.63) is 101 Å². The molecule has 3 rings (SSSR count). The van der Waals surface area contributed by atoms with Crippen molar-refractivity contribution in [3.63, 3.8) is 0 Å². The summed E-state index contributed by atoms with van der Waals surface area (Å²) in [5.41, 5.74) is 5.15. The van der Waals surface area contributed by atoms with E-state index in [-0.39, 0.29) is 0 Å². The summed E-state index contributed by atoms with van der Waals surface area (Å²) in [5.74, 6) is 0.914. The van der Waals surface area contributed by atoms with E-state index < -0.39 is 0 Å². The van der Waals surface area contributed by atoms with Crippen molar-refractivity contribution in [1.29, 1.82) is 0 Å². The summed E-state index contributed by atoms with van der Waals surface area (Å²) in [7, 11) is 0. The molecule has 2 nitrogen and oxygen atoms in total. The molecule has 0 unspecified atom stereocenters. The van der Waals surface area contributed by atoms with Crippen LogP contribution in [0.4, 0.5) is 0 Å². The maximum Gasteiger partial charge on any atom is 0.119 e. The number of hydrogen-bond donors (Lipinski definition) is 1. The Morgan fingerprint density at radius 1 is 0.815 bits per heavy atom. The highest BCUT2D eigenvalue weighted by atomic mass is 16.5. The van der Waals surface area contributed by atoms with Gasteiger partial charge in [0.1, 0.15) is 12.4 Å². The second-order valence-corrected chi connectivity index (χ2v) is 7.23. The first-order valence-electron chi connectivity index (χ1n) is 9.73. The fourth-order valence-corrected chi connectivity index (χ4v) is 3.09. The topological polar surface area (TPSA) is 21.3 Å². The van der Waals surface area contributed by atoms with Crippen molar-refractivity contribution in [1.82, 2.24) is 5.32 Å². The number of ether oxygens (including phenoxy) is 1. The molecule has 0 aliphatic carbocycles. The molecule has 3 aromatic rings. The van der Waals surface area contributed by atoms with Gasteiger partial charge in [-0.3, -0.25) is 0 Å². The minimum Gasteiger partial charge on any atom is -0.489 e. The average Bonchev–Trinajstić information content (AvgIpc) is 2.71. The van der Waals surface area contributed by atoms with Gasteiger partial charge in [0.05, 0.1) is 0 Å². The van der Waals surface area contributed by atoms with Crippen LogP contribution in [0.15, 0.2) is 78.9 Å². The highest BCUT2D eigenvalue weighted by Gasteiger charge is 2.03. The van der Waals surface area contributed by atoms with Crippen molar-refractivity contribution in [3.8, 4) is 5.75 Å². The largest absolute Gasteiger partial charge is 0.489 e. The van der Waals surface area contributed by atoms with Gasteiger partial charge in [0.2, 0.25) is 0 Å². The van der Waals surface area contributed by atoms with Gasteiger partial charge in [-0.2, -0.15) is 0 Å². The second-order valence-electron chi connectivity index (χ2n) is 7.23. The number of nitrogens with one attached hydrogen (secondary N) is 1. The molecule has 27 heavy (non-hydrogen) atoms. The van der Waals surface area contributed by atoms with Gasteiger partial charge in [-0.25, -0.2) is 0 Å². The van der Waals surface area contributed by atoms with Crippen LogP contribution in [0.2, 0.25) is 0 Å². The zero-order valence-corrected chi connectivity index (χ0v) is 16.3. The summed E-state index contributed by atoms with van der Waals surface area (Å²) in [6.07, 6.45) is 2.25. The molecule has 0 heterocycles. The smallest absolute Gasteiger partial charge is 0.119 e. The molecule has 2 heteroatoms. The van der Waals surface area contributed by atoms with Crippen LogP contribution in [-0.4, -0.2) is 6.04 Å². The molecule has 1 atom stereocenters. The van der Waals surface area contributed by atoms with E-state index in [1.54, 1.807) is 0 Å². The Morgan fingerprint density at radius 3 is 2.30 bits per heavy atom. The molecule has 140 valence electrons. The molecule has 1 N–H and O–H groups in total. The summed E-state index contributed by atoms with van der Waals surface area (Å²) in [4.78, 5) is 0. The predicted octanol–water partition coefficient (Wildman–Crippen LogP) is 5.68. The van der Waals surface area contributed by atoms with Crippen LogP contribution in [0.25, 0.3) is 0 Å². The van der Waals surface area contributed by atoms with E-state index in [1.807, 2.05) is 0 Å². The van der Waals surface area contributed by atoms with E-state index in [2.05, 4.69) is 98.0 Å². The third-order valence-electron chi connectivity index (χ3n) is 4.77. The Bertz CT molecular complexity index is 811. The van der Waals surface area contributed by atoms with Crippen LogP contribution in [0, 0.1) is 6.92 Å². The van der Waals surface area contributed by atoms with Gasteiger partial charge >= 0.3 is 0 Å². The van der Waals surface area contributed by atoms with E-state index in [9.17, 15) is 0 Å². The monoisotopic (exact) mass is 359 g/mol. The Morgan fingerprint density at radius 2 is 1.56 bits per heavy atom. The minimum absolute atomic E-state index is 0.488. The molecule has 0 aromatic heterocycles. The molecule has 0 fully saturated rings. The van der Waals surface area contributed by atoms with Crippen LogP contribution in [-0.2, 0) is 19.6 Å². The molecule has 0 bridgehead atoms. The van der Waals surface area contributed by atoms with Crippen molar-refractivity contribution in [2.75, 3.05) is 0 Å². The van der Waals surface area contributed by atoms with Crippen molar-refractivity contribution < 1.29 is 4.74 Å². The quantitative estimate of drug-likeness (QED) is 0.530. The van der Waals surface area contributed by atoms with Crippen molar-refractivity contribution in [2.24, 2.45) is 0 Å². The van der Waals surface area contributed by atoms with E-state index >= 15 is 0 Å². The molecule has 0 radical (unpaired) electrons. The molecule has 0 amide bonds. The Balaban J connectivity index is 1.40. The summed E-state index contributed by atoms with van der Waals surface area (Å²) in [6, 6.07) is 28.0. The fraction of sp³-hybridized carbons (Fsp3) is 0.280. The van der Waals surface area contributed by atoms with E-state index in [4.69, 9.17) is 4.74 Å². The zero-order chi connectivity index (χ0) is 18.9. The zero-order valence-electron chi connectivity index (χ0n) is 16.3.